The number of hydrogen-bond donors (Lipinski definition) is 2. The van der Waals surface area contributed by atoms with Crippen LogP contribution >= 0.6 is 0 Å². The highest BCUT2D eigenvalue weighted by atomic mass is 16.3. The molecule has 2 aliphatic heterocycles. The second kappa shape index (κ2) is 9.02. The molecule has 0 spiro atoms. The van der Waals surface area contributed by atoms with E-state index in [1.54, 1.807) is 0 Å². The lowest BCUT2D eigenvalue weighted by atomic mass is 9.95. The van der Waals surface area contributed by atoms with Crippen molar-refractivity contribution in [3.05, 3.63) is 145 Å². The summed E-state index contributed by atoms with van der Waals surface area (Å²) in [5, 5.41) is 13.9. The second-order valence-electron chi connectivity index (χ2n) is 11.1. The van der Waals surface area contributed by atoms with Crippen LogP contribution in [0.3, 0.4) is 0 Å². The zero-order valence-corrected chi connectivity index (χ0v) is 22.7. The van der Waals surface area contributed by atoms with E-state index in [4.69, 9.17) is 8.83 Å². The van der Waals surface area contributed by atoms with Crippen molar-refractivity contribution in [3.63, 3.8) is 0 Å². The average Bonchev–Trinajstić information content (AvgIpc) is 3.60. The fraction of sp³-hybridized carbons (Fsp3) is 0.0526. The van der Waals surface area contributed by atoms with Gasteiger partial charge in [0.15, 0.2) is 0 Å². The smallest absolute Gasteiger partial charge is 0.136 e. The molecule has 0 amide bonds. The van der Waals surface area contributed by atoms with Gasteiger partial charge in [-0.05, 0) is 88.3 Å². The number of rotatable bonds is 3. The predicted molar refractivity (Wildman–Crippen MR) is 172 cm³/mol. The molecule has 4 nitrogen and oxygen atoms in total. The average molecular weight is 543 g/mol. The van der Waals surface area contributed by atoms with E-state index >= 15 is 0 Å². The van der Waals surface area contributed by atoms with Crippen LogP contribution in [0.4, 0.5) is 0 Å². The molecule has 2 N–H and O–H groups in total. The Hall–Kier alpha value is -5.48. The summed E-state index contributed by atoms with van der Waals surface area (Å²) < 4.78 is 12.5. The third kappa shape index (κ3) is 3.69. The zero-order valence-electron chi connectivity index (χ0n) is 22.7. The van der Waals surface area contributed by atoms with Crippen LogP contribution in [0.2, 0.25) is 0 Å². The lowest BCUT2D eigenvalue weighted by Gasteiger charge is -2.27. The molecule has 2 aliphatic rings. The van der Waals surface area contributed by atoms with Gasteiger partial charge in [0, 0.05) is 27.2 Å². The van der Waals surface area contributed by atoms with E-state index < -0.39 is 0 Å². The van der Waals surface area contributed by atoms with Gasteiger partial charge < -0.3 is 19.5 Å². The van der Waals surface area contributed by atoms with Gasteiger partial charge in [-0.1, -0.05) is 72.8 Å². The molecule has 0 saturated heterocycles. The molecule has 0 radical (unpaired) electrons. The number of nitrogens with one attached hydrogen (secondary N) is 2. The molecule has 2 aromatic heterocycles. The number of allylic oxidation sites excluding steroid dienone is 4. The SMILES string of the molecule is C1=CNC(C2=CC=CC(c3ccc4cc(-c5ccc6oc7cc8c(cc7c6c5)oc5ccccc58)ccc4c3)N2)C=C1. The van der Waals surface area contributed by atoms with E-state index in [1.807, 2.05) is 30.5 Å². The molecule has 0 saturated carbocycles. The second-order valence-corrected chi connectivity index (χ2v) is 11.1. The maximum atomic E-state index is 6.29. The maximum absolute atomic E-state index is 6.29. The van der Waals surface area contributed by atoms with Gasteiger partial charge in [0.25, 0.3) is 0 Å². The Kier molecular flexibility index (Phi) is 4.99. The van der Waals surface area contributed by atoms with E-state index in [0.29, 0.717) is 0 Å². The van der Waals surface area contributed by atoms with Crippen molar-refractivity contribution in [2.24, 2.45) is 0 Å². The van der Waals surface area contributed by atoms with E-state index in [-0.39, 0.29) is 12.1 Å². The molecule has 2 unspecified atom stereocenters. The Morgan fingerprint density at radius 3 is 2.12 bits per heavy atom. The summed E-state index contributed by atoms with van der Waals surface area (Å²) in [5.74, 6) is 0. The summed E-state index contributed by atoms with van der Waals surface area (Å²) in [7, 11) is 0. The van der Waals surface area contributed by atoms with Crippen molar-refractivity contribution in [1.82, 2.24) is 10.6 Å². The van der Waals surface area contributed by atoms with Crippen LogP contribution in [-0.2, 0) is 0 Å². The molecule has 42 heavy (non-hydrogen) atoms. The Labute approximate surface area is 241 Å². The van der Waals surface area contributed by atoms with Gasteiger partial charge in [-0.2, -0.15) is 0 Å². The van der Waals surface area contributed by atoms with Crippen molar-refractivity contribution in [2.45, 2.75) is 12.1 Å². The summed E-state index contributed by atoms with van der Waals surface area (Å²) in [4.78, 5) is 0. The number of para-hydroxylation sites is 1. The first-order chi connectivity index (χ1) is 20.8. The van der Waals surface area contributed by atoms with Crippen molar-refractivity contribution in [2.75, 3.05) is 0 Å². The fourth-order valence-corrected chi connectivity index (χ4v) is 6.38. The summed E-state index contributed by atoms with van der Waals surface area (Å²) >= 11 is 0. The summed E-state index contributed by atoms with van der Waals surface area (Å²) in [6.07, 6.45) is 14.7. The fourth-order valence-electron chi connectivity index (χ4n) is 6.38. The van der Waals surface area contributed by atoms with Crippen LogP contribution in [0.15, 0.2) is 148 Å². The van der Waals surface area contributed by atoms with Gasteiger partial charge in [-0.15, -0.1) is 0 Å². The van der Waals surface area contributed by atoms with Crippen molar-refractivity contribution in [3.8, 4) is 11.1 Å². The quantitative estimate of drug-likeness (QED) is 0.233. The molecule has 0 aliphatic carbocycles. The third-order valence-corrected chi connectivity index (χ3v) is 8.55. The molecule has 0 fully saturated rings. The molecule has 4 heterocycles. The van der Waals surface area contributed by atoms with Crippen LogP contribution in [-0.4, -0.2) is 6.04 Å². The predicted octanol–water partition coefficient (Wildman–Crippen LogP) is 9.43. The first kappa shape index (κ1) is 23.2. The summed E-state index contributed by atoms with van der Waals surface area (Å²) in [5.41, 5.74) is 8.29. The number of fused-ring (bicyclic) bond motifs is 7. The Balaban J connectivity index is 1.05. The van der Waals surface area contributed by atoms with Gasteiger partial charge in [0.1, 0.15) is 22.3 Å². The highest BCUT2D eigenvalue weighted by Gasteiger charge is 2.18. The standard InChI is InChI=1S/C38H26N2O2/c1-2-10-35-28(6-1)30-21-38-31(22-37(30)41-35)29-20-26(15-16-36(29)42-38)24-11-12-25-19-27(14-13-23(25)18-24)32-8-5-9-34(40-32)33-7-3-4-17-39-33/h1-22,32-33,39-40H. The third-order valence-electron chi connectivity index (χ3n) is 8.55. The van der Waals surface area contributed by atoms with Gasteiger partial charge >= 0.3 is 0 Å². The van der Waals surface area contributed by atoms with Crippen LogP contribution in [0, 0.1) is 0 Å². The van der Waals surface area contributed by atoms with Gasteiger partial charge in [0.2, 0.25) is 0 Å². The number of hydrogen-bond acceptors (Lipinski definition) is 4. The lowest BCUT2D eigenvalue weighted by molar-refractivity contribution is 0.628. The first-order valence-electron chi connectivity index (χ1n) is 14.3. The normalized spacial score (nSPS) is 18.2. The molecular formula is C38H26N2O2. The Bertz CT molecular complexity index is 2330. The lowest BCUT2D eigenvalue weighted by Crippen LogP contribution is -2.35. The van der Waals surface area contributed by atoms with Crippen LogP contribution in [0.5, 0.6) is 0 Å². The van der Waals surface area contributed by atoms with Crippen molar-refractivity contribution in [1.29, 1.82) is 0 Å². The zero-order chi connectivity index (χ0) is 27.6. The molecule has 9 rings (SSSR count). The van der Waals surface area contributed by atoms with E-state index in [1.165, 1.54) is 27.6 Å². The minimum atomic E-state index is 0.130. The molecule has 7 aromatic rings. The minimum Gasteiger partial charge on any atom is -0.456 e. The molecule has 200 valence electrons. The molecule has 4 heteroatoms. The number of furan rings is 2. The Morgan fingerprint density at radius 1 is 0.524 bits per heavy atom. The molecule has 0 bridgehead atoms. The highest BCUT2D eigenvalue weighted by Crippen LogP contribution is 2.38. The van der Waals surface area contributed by atoms with E-state index in [9.17, 15) is 0 Å². The molecular weight excluding hydrogens is 516 g/mol. The largest absolute Gasteiger partial charge is 0.456 e. The Morgan fingerprint density at radius 2 is 1.24 bits per heavy atom. The summed E-state index contributed by atoms with van der Waals surface area (Å²) in [6.45, 7) is 0. The topological polar surface area (TPSA) is 50.3 Å². The number of benzene rings is 5. The van der Waals surface area contributed by atoms with Gasteiger partial charge in [-0.3, -0.25) is 0 Å². The highest BCUT2D eigenvalue weighted by molar-refractivity contribution is 6.15. The number of dihydropyridines is 2. The van der Waals surface area contributed by atoms with E-state index in [0.717, 1.165) is 49.4 Å². The van der Waals surface area contributed by atoms with Crippen molar-refractivity contribution >= 4 is 54.6 Å². The monoisotopic (exact) mass is 542 g/mol. The maximum Gasteiger partial charge on any atom is 0.136 e. The minimum absolute atomic E-state index is 0.130. The first-order valence-corrected chi connectivity index (χ1v) is 14.3. The van der Waals surface area contributed by atoms with Gasteiger partial charge in [-0.25, -0.2) is 0 Å². The summed E-state index contributed by atoms with van der Waals surface area (Å²) in [6, 6.07) is 32.6. The van der Waals surface area contributed by atoms with Crippen molar-refractivity contribution < 1.29 is 8.83 Å². The van der Waals surface area contributed by atoms with Crippen LogP contribution < -0.4 is 10.6 Å². The van der Waals surface area contributed by atoms with Crippen LogP contribution in [0.1, 0.15) is 11.6 Å². The van der Waals surface area contributed by atoms with Crippen LogP contribution in [0.25, 0.3) is 65.8 Å². The molecule has 2 atom stereocenters. The van der Waals surface area contributed by atoms with Gasteiger partial charge in [0.05, 0.1) is 12.1 Å². The molecule has 5 aromatic carbocycles. The van der Waals surface area contributed by atoms with E-state index in [2.05, 4.69) is 114 Å².